The molecular formula is C36H43FN8O7S. The van der Waals surface area contributed by atoms with Crippen LogP contribution < -0.4 is 20.1 Å². The number of rotatable bonds is 8. The van der Waals surface area contributed by atoms with Crippen LogP contribution in [0.15, 0.2) is 42.6 Å². The molecular weight excluding hydrogens is 708 g/mol. The van der Waals surface area contributed by atoms with E-state index in [-0.39, 0.29) is 36.5 Å². The molecule has 4 heterocycles. The van der Waals surface area contributed by atoms with Gasteiger partial charge < -0.3 is 20.3 Å². The fourth-order valence-electron chi connectivity index (χ4n) is 7.15. The first kappa shape index (κ1) is 36.4. The van der Waals surface area contributed by atoms with E-state index in [2.05, 4.69) is 30.4 Å². The Kier molecular flexibility index (Phi) is 9.95. The van der Waals surface area contributed by atoms with Gasteiger partial charge in [-0.05, 0) is 63.1 Å². The van der Waals surface area contributed by atoms with Gasteiger partial charge in [-0.2, -0.15) is 5.10 Å². The zero-order chi connectivity index (χ0) is 37.5. The van der Waals surface area contributed by atoms with Crippen molar-refractivity contribution in [2.75, 3.05) is 6.54 Å². The highest BCUT2D eigenvalue weighted by Gasteiger charge is 2.62. The van der Waals surface area contributed by atoms with Crippen LogP contribution in [0.25, 0.3) is 11.0 Å². The lowest BCUT2D eigenvalue weighted by Gasteiger charge is -2.29. The largest absolute Gasteiger partial charge is 0.471 e. The normalized spacial score (nSPS) is 27.1. The monoisotopic (exact) mass is 750 g/mol. The lowest BCUT2D eigenvalue weighted by molar-refractivity contribution is -0.141. The van der Waals surface area contributed by atoms with Crippen LogP contribution in [0.2, 0.25) is 0 Å². The van der Waals surface area contributed by atoms with Crippen LogP contribution in [-0.4, -0.2) is 92.2 Å². The van der Waals surface area contributed by atoms with E-state index in [1.165, 1.54) is 33.8 Å². The summed E-state index contributed by atoms with van der Waals surface area (Å²) in [5, 5.41) is 9.20. The lowest BCUT2D eigenvalue weighted by Crippen LogP contribution is -2.58. The standard InChI is InChI=1S/C36H43FN8O7S/c1-3-25-33(40-29-17-22(37)11-14-26(29)38-25)52-23-18-30-32(47)41-36(35(49)43-53(50,51)24-12-13-24)19-21(36)9-7-5-4-6-8-10-28(34(48)45(30)20-23)39-31(46)27-15-16-44(2)42-27/h7,9,11,14-17,21,23-24,28,30H,3-6,8,10,12-13,18-20H2,1-2H3,(H,39,46)(H,41,47)(H,43,49)/b9-7-/t21-,23-,28+,30+,36-/m1/s1. The third-order valence-corrected chi connectivity index (χ3v) is 12.2. The van der Waals surface area contributed by atoms with Gasteiger partial charge in [0.15, 0.2) is 0 Å². The molecule has 1 aromatic carbocycles. The molecule has 2 aliphatic heterocycles. The van der Waals surface area contributed by atoms with E-state index in [4.69, 9.17) is 4.74 Å². The maximum absolute atomic E-state index is 14.5. The van der Waals surface area contributed by atoms with Crippen molar-refractivity contribution >= 4 is 44.7 Å². The molecule has 3 N–H and O–H groups in total. The Balaban J connectivity index is 1.20. The molecule has 2 aromatic heterocycles. The summed E-state index contributed by atoms with van der Waals surface area (Å²) >= 11 is 0. The number of carbonyl (C=O) groups is 4. The molecule has 2 saturated carbocycles. The van der Waals surface area contributed by atoms with E-state index in [1.54, 1.807) is 13.2 Å². The Labute approximate surface area is 306 Å². The second-order valence-electron chi connectivity index (χ2n) is 14.4. The number of halogens is 1. The molecule has 0 bridgehead atoms. The first-order valence-corrected chi connectivity index (χ1v) is 19.7. The summed E-state index contributed by atoms with van der Waals surface area (Å²) in [6.07, 6.45) is 9.25. The van der Waals surface area contributed by atoms with Gasteiger partial charge in [0, 0.05) is 31.6 Å². The first-order valence-electron chi connectivity index (χ1n) is 18.2. The van der Waals surface area contributed by atoms with E-state index in [9.17, 15) is 32.0 Å². The zero-order valence-corrected chi connectivity index (χ0v) is 30.4. The van der Waals surface area contributed by atoms with E-state index in [0.29, 0.717) is 49.7 Å². The minimum Gasteiger partial charge on any atom is -0.471 e. The van der Waals surface area contributed by atoms with Crippen LogP contribution in [0, 0.1) is 11.7 Å². The Morgan fingerprint density at radius 2 is 1.91 bits per heavy atom. The Bertz CT molecular complexity index is 2090. The van der Waals surface area contributed by atoms with Gasteiger partial charge in [0.1, 0.15) is 40.9 Å². The van der Waals surface area contributed by atoms with Crippen LogP contribution in [0.4, 0.5) is 4.39 Å². The van der Waals surface area contributed by atoms with Crippen LogP contribution in [0.1, 0.15) is 80.9 Å². The van der Waals surface area contributed by atoms with Crippen molar-refractivity contribution < 1.29 is 36.7 Å². The smallest absolute Gasteiger partial charge is 0.272 e. The van der Waals surface area contributed by atoms with Gasteiger partial charge in [0.2, 0.25) is 27.7 Å². The second kappa shape index (κ2) is 14.5. The molecule has 0 unspecified atom stereocenters. The molecule has 1 saturated heterocycles. The fraction of sp³-hybridized carbons (Fsp3) is 0.528. The summed E-state index contributed by atoms with van der Waals surface area (Å²) in [7, 11) is -2.23. The van der Waals surface area contributed by atoms with Crippen molar-refractivity contribution in [3.63, 3.8) is 0 Å². The summed E-state index contributed by atoms with van der Waals surface area (Å²) in [5.74, 6) is -3.34. The van der Waals surface area contributed by atoms with Gasteiger partial charge in [-0.1, -0.05) is 31.9 Å². The van der Waals surface area contributed by atoms with Crippen molar-refractivity contribution in [2.45, 2.75) is 100 Å². The van der Waals surface area contributed by atoms with Gasteiger partial charge in [0.25, 0.3) is 11.8 Å². The summed E-state index contributed by atoms with van der Waals surface area (Å²) in [5.41, 5.74) is -0.135. The number of aryl methyl sites for hydroxylation is 2. The molecule has 5 atom stereocenters. The highest BCUT2D eigenvalue weighted by atomic mass is 32.2. The predicted molar refractivity (Wildman–Crippen MR) is 189 cm³/mol. The third kappa shape index (κ3) is 7.75. The molecule has 4 aliphatic rings. The molecule has 3 fully saturated rings. The molecule has 4 amide bonds. The number of hydrogen-bond acceptors (Lipinski definition) is 10. The van der Waals surface area contributed by atoms with Gasteiger partial charge in [-0.25, -0.2) is 22.8 Å². The molecule has 0 spiro atoms. The SMILES string of the molecule is CCc1nc2ccc(F)cc2nc1O[C@@H]1C[C@H]2C(=O)N[C@]3(C(=O)NS(=O)(=O)C4CC4)C[C@H]3/C=C\CCCCC[C@H](NC(=O)c3ccn(C)n3)C(=O)N2C1. The fourth-order valence-corrected chi connectivity index (χ4v) is 8.51. The summed E-state index contributed by atoms with van der Waals surface area (Å²) < 4.78 is 49.7. The van der Waals surface area contributed by atoms with Crippen LogP contribution in [-0.2, 0) is 37.9 Å². The average Bonchev–Trinajstić information content (AvgIpc) is 4.01. The molecule has 3 aromatic rings. The van der Waals surface area contributed by atoms with E-state index < -0.39 is 74.4 Å². The molecule has 53 heavy (non-hydrogen) atoms. The molecule has 282 valence electrons. The topological polar surface area (TPSA) is 195 Å². The minimum atomic E-state index is -3.91. The number of benzene rings is 1. The van der Waals surface area contributed by atoms with Crippen LogP contribution in [0.3, 0.4) is 0 Å². The maximum Gasteiger partial charge on any atom is 0.272 e. The minimum absolute atomic E-state index is 0.0108. The predicted octanol–water partition coefficient (Wildman–Crippen LogP) is 2.22. The lowest BCUT2D eigenvalue weighted by atomic mass is 10.0. The Morgan fingerprint density at radius 1 is 1.09 bits per heavy atom. The van der Waals surface area contributed by atoms with E-state index in [0.717, 1.165) is 12.8 Å². The zero-order valence-electron chi connectivity index (χ0n) is 29.6. The Morgan fingerprint density at radius 3 is 2.64 bits per heavy atom. The second-order valence-corrected chi connectivity index (χ2v) is 16.3. The van der Waals surface area contributed by atoms with Crippen molar-refractivity contribution in [3.8, 4) is 5.88 Å². The molecule has 0 radical (unpaired) electrons. The van der Waals surface area contributed by atoms with Crippen LogP contribution in [0.5, 0.6) is 5.88 Å². The molecule has 17 heteroatoms. The van der Waals surface area contributed by atoms with Gasteiger partial charge in [-0.3, -0.25) is 28.6 Å². The number of nitrogens with one attached hydrogen (secondary N) is 3. The highest BCUT2D eigenvalue weighted by molar-refractivity contribution is 7.91. The molecule has 15 nitrogen and oxygen atoms in total. The highest BCUT2D eigenvalue weighted by Crippen LogP contribution is 2.46. The van der Waals surface area contributed by atoms with Crippen molar-refractivity contribution in [1.82, 2.24) is 40.0 Å². The average molecular weight is 751 g/mol. The van der Waals surface area contributed by atoms with Crippen molar-refractivity contribution in [2.24, 2.45) is 13.0 Å². The van der Waals surface area contributed by atoms with Crippen molar-refractivity contribution in [3.05, 3.63) is 59.8 Å². The number of carbonyl (C=O) groups excluding carboxylic acids is 4. The van der Waals surface area contributed by atoms with Gasteiger partial charge in [0.05, 0.1) is 22.8 Å². The number of hydrogen-bond donors (Lipinski definition) is 3. The van der Waals surface area contributed by atoms with E-state index in [1.807, 2.05) is 19.1 Å². The first-order chi connectivity index (χ1) is 25.4. The summed E-state index contributed by atoms with van der Waals surface area (Å²) in [6.45, 7) is 1.79. The summed E-state index contributed by atoms with van der Waals surface area (Å²) in [4.78, 5) is 66.3. The number of ether oxygens (including phenoxy) is 1. The quantitative estimate of drug-likeness (QED) is 0.288. The molecule has 7 rings (SSSR count). The Hall–Kier alpha value is -4.93. The maximum atomic E-state index is 14.5. The third-order valence-electron chi connectivity index (χ3n) is 10.4. The number of fused-ring (bicyclic) bond motifs is 3. The van der Waals surface area contributed by atoms with Gasteiger partial charge in [-0.15, -0.1) is 0 Å². The number of allylic oxidation sites excluding steroid dienone is 1. The van der Waals surface area contributed by atoms with Crippen LogP contribution >= 0.6 is 0 Å². The number of aromatic nitrogens is 4. The van der Waals surface area contributed by atoms with E-state index >= 15 is 0 Å². The number of amides is 4. The number of nitrogens with zero attached hydrogens (tertiary/aromatic N) is 5. The number of sulfonamides is 1. The van der Waals surface area contributed by atoms with Crippen molar-refractivity contribution in [1.29, 1.82) is 0 Å². The van der Waals surface area contributed by atoms with Gasteiger partial charge >= 0.3 is 0 Å². The summed E-state index contributed by atoms with van der Waals surface area (Å²) in [6, 6.07) is 3.43. The molecule has 2 aliphatic carbocycles.